The van der Waals surface area contributed by atoms with E-state index in [0.29, 0.717) is 0 Å². The van der Waals surface area contributed by atoms with Crippen molar-refractivity contribution in [2.24, 2.45) is 5.73 Å². The van der Waals surface area contributed by atoms with Crippen molar-refractivity contribution in [3.63, 3.8) is 0 Å². The molecule has 0 aromatic carbocycles. The van der Waals surface area contributed by atoms with Gasteiger partial charge >= 0.3 is 0 Å². The molecule has 0 amide bonds. The number of hydrogen-bond donors (Lipinski definition) is 3. The van der Waals surface area contributed by atoms with Crippen LogP contribution in [0.2, 0.25) is 0 Å². The highest BCUT2D eigenvalue weighted by Gasteiger charge is 2.19. The predicted octanol–water partition coefficient (Wildman–Crippen LogP) is -1.81. The second-order valence-electron chi connectivity index (χ2n) is 1.56. The number of hydrogen-bond acceptors (Lipinski definition) is 4. The zero-order valence-corrected chi connectivity index (χ0v) is 5.50. The summed E-state index contributed by atoms with van der Waals surface area (Å²) < 4.78 is 28.4. The molecule has 0 aliphatic heterocycles. The molecule has 1 atom stereocenters. The first kappa shape index (κ1) is 8.83. The van der Waals surface area contributed by atoms with Gasteiger partial charge in [0.15, 0.2) is 0 Å². The molecule has 0 radical (unpaired) electrons. The first-order valence-corrected chi connectivity index (χ1v) is 3.80. The highest BCUT2D eigenvalue weighted by molar-refractivity contribution is 7.86. The smallest absolute Gasteiger partial charge is 0.271 e. The summed E-state index contributed by atoms with van der Waals surface area (Å²) in [4.78, 5) is 0. The summed E-state index contributed by atoms with van der Waals surface area (Å²) in [6, 6.07) is 0. The van der Waals surface area contributed by atoms with Crippen molar-refractivity contribution in [1.29, 1.82) is 0 Å². The molecular weight excluding hydrogens is 146 g/mol. The Bertz CT molecular complexity index is 159. The van der Waals surface area contributed by atoms with E-state index < -0.39 is 22.0 Å². The fourth-order valence-corrected chi connectivity index (χ4v) is 0.722. The normalized spacial score (nSPS) is 15.4. The fourth-order valence-electron chi connectivity index (χ4n) is 0.290. The molecule has 0 saturated heterocycles. The lowest BCUT2D eigenvalue weighted by molar-refractivity contribution is 0.285. The lowest BCUT2D eigenvalue weighted by Crippen LogP contribution is -2.32. The summed E-state index contributed by atoms with van der Waals surface area (Å²) in [6.07, 6.45) is 0. The summed E-state index contributed by atoms with van der Waals surface area (Å²) in [6.45, 7) is -0.912. The van der Waals surface area contributed by atoms with Crippen LogP contribution in [0.15, 0.2) is 0 Å². The molecule has 0 fully saturated rings. The predicted molar refractivity (Wildman–Crippen MR) is 31.5 cm³/mol. The Hall–Kier alpha value is -0.170. The maximum absolute atomic E-state index is 10.1. The molecule has 0 aromatic rings. The lowest BCUT2D eigenvalue weighted by Gasteiger charge is -2.05. The van der Waals surface area contributed by atoms with Gasteiger partial charge in [0.1, 0.15) is 5.25 Å². The van der Waals surface area contributed by atoms with Gasteiger partial charge in [0.2, 0.25) is 0 Å². The van der Waals surface area contributed by atoms with Crippen LogP contribution in [0.5, 0.6) is 0 Å². The molecule has 0 rings (SSSR count). The summed E-state index contributed by atoms with van der Waals surface area (Å²) in [5, 5.41) is 7.00. The zero-order valence-electron chi connectivity index (χ0n) is 4.69. The van der Waals surface area contributed by atoms with Gasteiger partial charge in [-0.25, -0.2) is 0 Å². The second-order valence-corrected chi connectivity index (χ2v) is 3.25. The number of aliphatic hydroxyl groups is 1. The van der Waals surface area contributed by atoms with Crippen molar-refractivity contribution in [1.82, 2.24) is 0 Å². The van der Waals surface area contributed by atoms with Gasteiger partial charge < -0.3 is 10.8 Å². The van der Waals surface area contributed by atoms with Crippen LogP contribution >= 0.6 is 0 Å². The maximum atomic E-state index is 10.1. The average Bonchev–Trinajstić information content (AvgIpc) is 1.65. The third kappa shape index (κ3) is 2.75. The van der Waals surface area contributed by atoms with E-state index in [-0.39, 0.29) is 6.54 Å². The average molecular weight is 155 g/mol. The molecule has 0 aliphatic carbocycles. The minimum Gasteiger partial charge on any atom is -0.395 e. The molecule has 0 heterocycles. The summed E-state index contributed by atoms with van der Waals surface area (Å²) in [5.74, 6) is 0. The van der Waals surface area contributed by atoms with E-state index in [1.54, 1.807) is 0 Å². The van der Waals surface area contributed by atoms with Crippen LogP contribution in [-0.4, -0.2) is 36.5 Å². The Kier molecular flexibility index (Phi) is 3.06. The van der Waals surface area contributed by atoms with Crippen LogP contribution in [0.4, 0.5) is 0 Å². The van der Waals surface area contributed by atoms with E-state index in [2.05, 4.69) is 0 Å². The lowest BCUT2D eigenvalue weighted by atomic mass is 10.5. The largest absolute Gasteiger partial charge is 0.395 e. The minimum absolute atomic E-state index is 0.269. The van der Waals surface area contributed by atoms with Gasteiger partial charge in [-0.15, -0.1) is 0 Å². The molecule has 5 nitrogen and oxygen atoms in total. The van der Waals surface area contributed by atoms with Gasteiger partial charge in [0, 0.05) is 6.54 Å². The molecular formula is C3H9NO4S. The number of nitrogens with two attached hydrogens (primary N) is 1. The van der Waals surface area contributed by atoms with E-state index in [0.717, 1.165) is 0 Å². The first-order chi connectivity index (χ1) is 4.02. The molecule has 9 heavy (non-hydrogen) atoms. The van der Waals surface area contributed by atoms with Crippen molar-refractivity contribution in [3.8, 4) is 0 Å². The van der Waals surface area contributed by atoms with Crippen LogP contribution in [0.3, 0.4) is 0 Å². The van der Waals surface area contributed by atoms with Crippen molar-refractivity contribution < 1.29 is 18.1 Å². The molecule has 0 bridgehead atoms. The molecule has 0 aromatic heterocycles. The third-order valence-corrected chi connectivity index (χ3v) is 2.07. The van der Waals surface area contributed by atoms with E-state index >= 15 is 0 Å². The van der Waals surface area contributed by atoms with E-state index in [1.807, 2.05) is 0 Å². The summed E-state index contributed by atoms with van der Waals surface area (Å²) in [7, 11) is -4.14. The molecule has 6 heteroatoms. The molecule has 56 valence electrons. The van der Waals surface area contributed by atoms with Gasteiger partial charge in [0.25, 0.3) is 10.1 Å². The van der Waals surface area contributed by atoms with E-state index in [1.165, 1.54) is 0 Å². The van der Waals surface area contributed by atoms with Crippen molar-refractivity contribution in [2.45, 2.75) is 5.25 Å². The standard InChI is InChI=1S/C3H9NO4S/c4-1-3(2-5)9(6,7)8/h3,5H,1-2,4H2,(H,6,7,8)/t3-/m0/s1. The third-order valence-electron chi connectivity index (χ3n) is 0.888. The van der Waals surface area contributed by atoms with Crippen molar-refractivity contribution in [3.05, 3.63) is 0 Å². The van der Waals surface area contributed by atoms with Gasteiger partial charge in [-0.3, -0.25) is 4.55 Å². The molecule has 0 saturated carbocycles. The molecule has 4 N–H and O–H groups in total. The Morgan fingerprint density at radius 2 is 2.00 bits per heavy atom. The quantitative estimate of drug-likeness (QED) is 0.417. The van der Waals surface area contributed by atoms with Crippen molar-refractivity contribution >= 4 is 10.1 Å². The van der Waals surface area contributed by atoms with Gasteiger partial charge in [-0.1, -0.05) is 0 Å². The number of aliphatic hydroxyl groups excluding tert-OH is 1. The van der Waals surface area contributed by atoms with Gasteiger partial charge in [-0.05, 0) is 0 Å². The van der Waals surface area contributed by atoms with Crippen LogP contribution in [0.25, 0.3) is 0 Å². The van der Waals surface area contributed by atoms with Crippen LogP contribution in [0, 0.1) is 0 Å². The minimum atomic E-state index is -4.14. The van der Waals surface area contributed by atoms with E-state index in [9.17, 15) is 8.42 Å². The van der Waals surface area contributed by atoms with E-state index in [4.69, 9.17) is 15.4 Å². The Morgan fingerprint density at radius 1 is 1.56 bits per heavy atom. The highest BCUT2D eigenvalue weighted by Crippen LogP contribution is 1.93. The first-order valence-electron chi connectivity index (χ1n) is 2.29. The molecule has 0 unspecified atom stereocenters. The highest BCUT2D eigenvalue weighted by atomic mass is 32.2. The Labute approximate surface area is 53.2 Å². The Balaban J connectivity index is 4.14. The summed E-state index contributed by atoms with van der Waals surface area (Å²) >= 11 is 0. The topological polar surface area (TPSA) is 101 Å². The molecule has 0 aliphatic rings. The molecule has 0 spiro atoms. The van der Waals surface area contributed by atoms with Crippen LogP contribution in [0.1, 0.15) is 0 Å². The van der Waals surface area contributed by atoms with Crippen LogP contribution < -0.4 is 5.73 Å². The van der Waals surface area contributed by atoms with Crippen molar-refractivity contribution in [2.75, 3.05) is 13.2 Å². The monoisotopic (exact) mass is 155 g/mol. The van der Waals surface area contributed by atoms with Gasteiger partial charge in [-0.2, -0.15) is 8.42 Å². The fraction of sp³-hybridized carbons (Fsp3) is 1.00. The maximum Gasteiger partial charge on any atom is 0.271 e. The van der Waals surface area contributed by atoms with Crippen LogP contribution in [-0.2, 0) is 10.1 Å². The Morgan fingerprint density at radius 3 is 2.00 bits per heavy atom. The second kappa shape index (κ2) is 3.11. The SMILES string of the molecule is NC[C@@H](CO)S(=O)(=O)O. The zero-order chi connectivity index (χ0) is 7.49. The summed E-state index contributed by atoms with van der Waals surface area (Å²) in [5.41, 5.74) is 4.87. The number of rotatable bonds is 3. The van der Waals surface area contributed by atoms with Gasteiger partial charge in [0.05, 0.1) is 6.61 Å².